The van der Waals surface area contributed by atoms with Gasteiger partial charge in [-0.1, -0.05) is 36.8 Å². The van der Waals surface area contributed by atoms with E-state index in [0.29, 0.717) is 12.8 Å². The summed E-state index contributed by atoms with van der Waals surface area (Å²) in [5.41, 5.74) is 1.11. The number of carbonyl (C=O) groups is 2. The number of likely N-dealkylation sites (tertiary alicyclic amines) is 1. The number of rotatable bonds is 6. The van der Waals surface area contributed by atoms with E-state index in [1.807, 2.05) is 44.2 Å². The predicted molar refractivity (Wildman–Crippen MR) is 88.4 cm³/mol. The first-order valence-corrected chi connectivity index (χ1v) is 8.17. The van der Waals surface area contributed by atoms with Crippen LogP contribution >= 0.6 is 0 Å². The van der Waals surface area contributed by atoms with Gasteiger partial charge in [0.05, 0.1) is 23.5 Å². The molecule has 0 unspecified atom stereocenters. The van der Waals surface area contributed by atoms with Crippen LogP contribution < -0.4 is 0 Å². The van der Waals surface area contributed by atoms with Crippen LogP contribution in [-0.2, 0) is 15.0 Å². The number of hydrogen-bond acceptors (Lipinski definition) is 4. The Bertz CT molecular complexity index is 712. The summed E-state index contributed by atoms with van der Waals surface area (Å²) in [7, 11) is 0. The predicted octanol–water partition coefficient (Wildman–Crippen LogP) is 2.85. The summed E-state index contributed by atoms with van der Waals surface area (Å²) in [4.78, 5) is 26.7. The summed E-state index contributed by atoms with van der Waals surface area (Å²) < 4.78 is 0. The van der Waals surface area contributed by atoms with Gasteiger partial charge in [-0.3, -0.25) is 14.5 Å². The summed E-state index contributed by atoms with van der Waals surface area (Å²) in [6.45, 7) is 3.96. The third kappa shape index (κ3) is 3.16. The van der Waals surface area contributed by atoms with Crippen LogP contribution in [0.2, 0.25) is 0 Å². The molecule has 124 valence electrons. The number of nitriles is 2. The quantitative estimate of drug-likeness (QED) is 0.753. The molecule has 24 heavy (non-hydrogen) atoms. The highest BCUT2D eigenvalue weighted by Crippen LogP contribution is 2.40. The Balaban J connectivity index is 2.27. The van der Waals surface area contributed by atoms with Gasteiger partial charge in [0.1, 0.15) is 0 Å². The monoisotopic (exact) mass is 323 g/mol. The van der Waals surface area contributed by atoms with E-state index >= 15 is 0 Å². The number of aryl methyl sites for hydroxylation is 1. The minimum Gasteiger partial charge on any atom is -0.280 e. The van der Waals surface area contributed by atoms with Crippen LogP contribution in [-0.4, -0.2) is 23.3 Å². The molecule has 0 N–H and O–H groups in total. The van der Waals surface area contributed by atoms with E-state index in [4.69, 9.17) is 5.26 Å². The van der Waals surface area contributed by atoms with Crippen LogP contribution in [0.4, 0.5) is 0 Å². The molecule has 2 rings (SSSR count). The van der Waals surface area contributed by atoms with E-state index in [2.05, 4.69) is 6.07 Å². The van der Waals surface area contributed by atoms with Gasteiger partial charge >= 0.3 is 0 Å². The minimum absolute atomic E-state index is 0.0729. The van der Waals surface area contributed by atoms with Crippen molar-refractivity contribution in [2.45, 2.75) is 44.9 Å². The summed E-state index contributed by atoms with van der Waals surface area (Å²) in [6, 6.07) is 11.8. The Labute approximate surface area is 142 Å². The Morgan fingerprint density at radius 3 is 2.46 bits per heavy atom. The Kier molecular flexibility index (Phi) is 5.36. The highest BCUT2D eigenvalue weighted by molar-refractivity contribution is 6.09. The Morgan fingerprint density at radius 1 is 1.25 bits per heavy atom. The second-order valence-electron chi connectivity index (χ2n) is 6.31. The van der Waals surface area contributed by atoms with Gasteiger partial charge in [0.25, 0.3) is 0 Å². The lowest BCUT2D eigenvalue weighted by molar-refractivity contribution is -0.140. The molecule has 0 saturated carbocycles. The molecule has 5 heteroatoms. The van der Waals surface area contributed by atoms with Crippen LogP contribution in [0, 0.1) is 35.5 Å². The van der Waals surface area contributed by atoms with Gasteiger partial charge in [0.15, 0.2) is 0 Å². The second-order valence-corrected chi connectivity index (χ2v) is 6.31. The van der Waals surface area contributed by atoms with E-state index in [1.54, 1.807) is 0 Å². The number of amides is 2. The molecule has 1 aromatic carbocycles. The summed E-state index contributed by atoms with van der Waals surface area (Å²) in [6.07, 6.45) is 1.29. The first kappa shape index (κ1) is 17.7. The second kappa shape index (κ2) is 7.27. The number of benzene rings is 1. The normalized spacial score (nSPS) is 21.4. The van der Waals surface area contributed by atoms with E-state index in [-0.39, 0.29) is 31.2 Å². The van der Waals surface area contributed by atoms with Crippen LogP contribution in [0.15, 0.2) is 24.3 Å². The van der Waals surface area contributed by atoms with Crippen molar-refractivity contribution in [1.82, 2.24) is 4.90 Å². The third-order valence-corrected chi connectivity index (χ3v) is 4.81. The zero-order chi connectivity index (χ0) is 17.7. The molecular formula is C19H21N3O2. The summed E-state index contributed by atoms with van der Waals surface area (Å²) in [5.74, 6) is -0.959. The van der Waals surface area contributed by atoms with E-state index in [9.17, 15) is 14.9 Å². The molecule has 1 aromatic rings. The fraction of sp³-hybridized carbons (Fsp3) is 0.474. The van der Waals surface area contributed by atoms with Gasteiger partial charge < -0.3 is 0 Å². The topological polar surface area (TPSA) is 85.0 Å². The number of imide groups is 1. The van der Waals surface area contributed by atoms with Gasteiger partial charge in [-0.05, 0) is 25.3 Å². The molecule has 5 nitrogen and oxygen atoms in total. The third-order valence-electron chi connectivity index (χ3n) is 4.81. The smallest absolute Gasteiger partial charge is 0.240 e. The van der Waals surface area contributed by atoms with Crippen molar-refractivity contribution in [3.05, 3.63) is 35.4 Å². The molecule has 1 fully saturated rings. The molecule has 1 saturated heterocycles. The first-order chi connectivity index (χ1) is 11.5. The minimum atomic E-state index is -0.833. The molecule has 1 heterocycles. The summed E-state index contributed by atoms with van der Waals surface area (Å²) in [5, 5.41) is 17.9. The summed E-state index contributed by atoms with van der Waals surface area (Å²) >= 11 is 0. The molecule has 0 bridgehead atoms. The SMILES string of the molecule is CC[C@@]1(c2ccc(C)cc2)CC(=O)N(C[C@H](C#N)CCC#N)C1=O. The molecule has 2 atom stereocenters. The average molecular weight is 323 g/mol. The fourth-order valence-corrected chi connectivity index (χ4v) is 3.22. The molecule has 0 spiro atoms. The van der Waals surface area contributed by atoms with Crippen molar-refractivity contribution in [3.8, 4) is 12.1 Å². The maximum atomic E-state index is 13.0. The van der Waals surface area contributed by atoms with E-state index in [0.717, 1.165) is 11.1 Å². The molecule has 1 aliphatic rings. The van der Waals surface area contributed by atoms with Crippen molar-refractivity contribution < 1.29 is 9.59 Å². The van der Waals surface area contributed by atoms with Gasteiger partial charge in [0, 0.05) is 19.4 Å². The number of carbonyl (C=O) groups excluding carboxylic acids is 2. The maximum absolute atomic E-state index is 13.0. The van der Waals surface area contributed by atoms with Crippen LogP contribution in [0.3, 0.4) is 0 Å². The lowest BCUT2D eigenvalue weighted by Gasteiger charge is -2.26. The number of hydrogen-bond donors (Lipinski definition) is 0. The molecule has 0 aliphatic carbocycles. The van der Waals surface area contributed by atoms with Crippen molar-refractivity contribution >= 4 is 11.8 Å². The zero-order valence-electron chi connectivity index (χ0n) is 14.1. The molecule has 0 aromatic heterocycles. The van der Waals surface area contributed by atoms with Crippen molar-refractivity contribution in [2.75, 3.05) is 6.54 Å². The van der Waals surface area contributed by atoms with E-state index < -0.39 is 11.3 Å². The largest absolute Gasteiger partial charge is 0.280 e. The fourth-order valence-electron chi connectivity index (χ4n) is 3.22. The van der Waals surface area contributed by atoms with Crippen molar-refractivity contribution in [2.24, 2.45) is 5.92 Å². The lowest BCUT2D eigenvalue weighted by atomic mass is 9.76. The molecule has 2 amide bonds. The van der Waals surface area contributed by atoms with E-state index in [1.165, 1.54) is 4.90 Å². The lowest BCUT2D eigenvalue weighted by Crippen LogP contribution is -2.40. The van der Waals surface area contributed by atoms with Crippen LogP contribution in [0.1, 0.15) is 43.7 Å². The Morgan fingerprint density at radius 2 is 1.92 bits per heavy atom. The highest BCUT2D eigenvalue weighted by atomic mass is 16.2. The van der Waals surface area contributed by atoms with Gasteiger partial charge in [-0.15, -0.1) is 0 Å². The van der Waals surface area contributed by atoms with Gasteiger partial charge in [-0.25, -0.2) is 0 Å². The van der Waals surface area contributed by atoms with Crippen molar-refractivity contribution in [1.29, 1.82) is 10.5 Å². The molecule has 1 aliphatic heterocycles. The maximum Gasteiger partial charge on any atom is 0.240 e. The standard InChI is InChI=1S/C19H21N3O2/c1-3-19(16-8-6-14(2)7-9-16)11-17(23)22(18(19)24)13-15(12-21)5-4-10-20/h6-9,15H,3-5,11,13H2,1-2H3/t15-,19-/m0/s1. The van der Waals surface area contributed by atoms with Gasteiger partial charge in [0.2, 0.25) is 11.8 Å². The Hall–Kier alpha value is -2.66. The molecular weight excluding hydrogens is 302 g/mol. The first-order valence-electron chi connectivity index (χ1n) is 8.17. The number of nitrogens with zero attached hydrogens (tertiary/aromatic N) is 3. The average Bonchev–Trinajstić information content (AvgIpc) is 2.83. The van der Waals surface area contributed by atoms with Gasteiger partial charge in [-0.2, -0.15) is 10.5 Å². The highest BCUT2D eigenvalue weighted by Gasteiger charge is 2.51. The molecule has 0 radical (unpaired) electrons. The van der Waals surface area contributed by atoms with Crippen LogP contribution in [0.5, 0.6) is 0 Å². The van der Waals surface area contributed by atoms with Crippen molar-refractivity contribution in [3.63, 3.8) is 0 Å². The van der Waals surface area contributed by atoms with Crippen LogP contribution in [0.25, 0.3) is 0 Å². The zero-order valence-corrected chi connectivity index (χ0v) is 14.1.